The molecule has 2 aliphatic rings. The molecule has 1 aromatic carbocycles. The van der Waals surface area contributed by atoms with E-state index in [1.54, 1.807) is 6.07 Å². The molecule has 0 aliphatic carbocycles. The van der Waals surface area contributed by atoms with E-state index in [1.807, 2.05) is 0 Å². The molecule has 0 spiro atoms. The van der Waals surface area contributed by atoms with E-state index in [-0.39, 0.29) is 28.9 Å². The van der Waals surface area contributed by atoms with Gasteiger partial charge in [-0.05, 0) is 31.4 Å². The fraction of sp³-hybridized carbons (Fsp3) is 0.538. The number of hydrogen-bond acceptors (Lipinski definition) is 5. The number of sulfonamides is 1. The van der Waals surface area contributed by atoms with E-state index in [0.717, 1.165) is 19.3 Å². The summed E-state index contributed by atoms with van der Waals surface area (Å²) in [7, 11) is -2.21. The molecule has 0 amide bonds. The van der Waals surface area contributed by atoms with E-state index in [4.69, 9.17) is 15.2 Å². The van der Waals surface area contributed by atoms with Crippen LogP contribution in [0.4, 0.5) is 5.69 Å². The summed E-state index contributed by atoms with van der Waals surface area (Å²) < 4.78 is 38.4. The number of anilines is 1. The van der Waals surface area contributed by atoms with Gasteiger partial charge in [0.05, 0.1) is 25.4 Å². The lowest BCUT2D eigenvalue weighted by molar-refractivity contribution is 0.0996. The predicted molar refractivity (Wildman–Crippen MR) is 74.0 cm³/mol. The summed E-state index contributed by atoms with van der Waals surface area (Å²) in [6.07, 6.45) is 2.86. The first-order valence-electron chi connectivity index (χ1n) is 6.61. The van der Waals surface area contributed by atoms with E-state index in [0.29, 0.717) is 5.69 Å². The van der Waals surface area contributed by atoms with E-state index < -0.39 is 10.0 Å². The van der Waals surface area contributed by atoms with Gasteiger partial charge in [0.25, 0.3) is 0 Å². The quantitative estimate of drug-likeness (QED) is 0.805. The summed E-state index contributed by atoms with van der Waals surface area (Å²) in [4.78, 5) is 0.108. The Morgan fingerprint density at radius 3 is 2.80 bits per heavy atom. The van der Waals surface area contributed by atoms with Gasteiger partial charge in [0.15, 0.2) is 0 Å². The molecule has 2 bridgehead atoms. The van der Waals surface area contributed by atoms with Crippen LogP contribution >= 0.6 is 0 Å². The van der Waals surface area contributed by atoms with Gasteiger partial charge in [-0.1, -0.05) is 0 Å². The van der Waals surface area contributed by atoms with Crippen LogP contribution in [0.5, 0.6) is 5.75 Å². The molecule has 20 heavy (non-hydrogen) atoms. The summed E-state index contributed by atoms with van der Waals surface area (Å²) >= 11 is 0. The molecule has 3 atom stereocenters. The van der Waals surface area contributed by atoms with Crippen molar-refractivity contribution in [3.63, 3.8) is 0 Å². The Morgan fingerprint density at radius 2 is 2.20 bits per heavy atom. The van der Waals surface area contributed by atoms with Crippen molar-refractivity contribution in [3.05, 3.63) is 18.2 Å². The van der Waals surface area contributed by atoms with Crippen LogP contribution in [0.1, 0.15) is 19.3 Å². The predicted octanol–water partition coefficient (Wildman–Crippen LogP) is 0.876. The largest absolute Gasteiger partial charge is 0.495 e. The summed E-state index contributed by atoms with van der Waals surface area (Å²) in [5, 5.41) is 0. The Kier molecular flexibility index (Phi) is 3.35. The maximum atomic E-state index is 12.5. The third-order valence-corrected chi connectivity index (χ3v) is 5.42. The molecule has 3 rings (SSSR count). The third kappa shape index (κ3) is 2.36. The maximum Gasteiger partial charge on any atom is 0.244 e. The smallest absolute Gasteiger partial charge is 0.244 e. The number of ether oxygens (including phenoxy) is 2. The molecule has 2 heterocycles. The van der Waals surface area contributed by atoms with Crippen LogP contribution in [0, 0.1) is 0 Å². The first-order chi connectivity index (χ1) is 9.49. The van der Waals surface area contributed by atoms with Crippen molar-refractivity contribution in [2.45, 2.75) is 42.4 Å². The Hall–Kier alpha value is -1.31. The van der Waals surface area contributed by atoms with E-state index in [2.05, 4.69) is 4.72 Å². The van der Waals surface area contributed by atoms with Crippen molar-refractivity contribution in [3.8, 4) is 5.75 Å². The highest BCUT2D eigenvalue weighted by Gasteiger charge is 2.42. The summed E-state index contributed by atoms with van der Waals surface area (Å²) in [6.45, 7) is 0. The van der Waals surface area contributed by atoms with Crippen LogP contribution in [-0.2, 0) is 14.8 Å². The molecular formula is C13H18N2O4S. The first kappa shape index (κ1) is 13.7. The molecule has 2 saturated heterocycles. The van der Waals surface area contributed by atoms with E-state index in [1.165, 1.54) is 19.2 Å². The zero-order chi connectivity index (χ0) is 14.3. The van der Waals surface area contributed by atoms with Crippen molar-refractivity contribution >= 4 is 15.7 Å². The Labute approximate surface area is 118 Å². The van der Waals surface area contributed by atoms with Gasteiger partial charge in [-0.25, -0.2) is 13.1 Å². The maximum absolute atomic E-state index is 12.5. The number of hydrogen-bond donors (Lipinski definition) is 2. The van der Waals surface area contributed by atoms with Gasteiger partial charge in [-0.2, -0.15) is 0 Å². The fourth-order valence-corrected chi connectivity index (χ4v) is 4.36. The first-order valence-corrected chi connectivity index (χ1v) is 8.09. The minimum Gasteiger partial charge on any atom is -0.495 e. The molecule has 0 saturated carbocycles. The summed E-state index contributed by atoms with van der Waals surface area (Å²) in [5.74, 6) is 0.251. The lowest BCUT2D eigenvalue weighted by Crippen LogP contribution is -2.41. The molecule has 6 nitrogen and oxygen atoms in total. The zero-order valence-corrected chi connectivity index (χ0v) is 12.0. The van der Waals surface area contributed by atoms with E-state index >= 15 is 0 Å². The lowest BCUT2D eigenvalue weighted by Gasteiger charge is -2.20. The highest BCUT2D eigenvalue weighted by Crippen LogP contribution is 2.35. The molecule has 2 fully saturated rings. The third-order valence-electron chi connectivity index (χ3n) is 3.89. The zero-order valence-electron chi connectivity index (χ0n) is 11.2. The summed E-state index contributed by atoms with van der Waals surface area (Å²) in [5.41, 5.74) is 6.11. The van der Waals surface area contributed by atoms with Crippen molar-refractivity contribution in [2.24, 2.45) is 0 Å². The Balaban J connectivity index is 1.85. The molecule has 110 valence electrons. The van der Waals surface area contributed by atoms with Crippen molar-refractivity contribution in [2.75, 3.05) is 12.8 Å². The van der Waals surface area contributed by atoms with Crippen LogP contribution in [0.15, 0.2) is 23.1 Å². The van der Waals surface area contributed by atoms with Crippen LogP contribution in [0.3, 0.4) is 0 Å². The molecule has 7 heteroatoms. The average molecular weight is 298 g/mol. The van der Waals surface area contributed by atoms with Gasteiger partial charge in [0.1, 0.15) is 10.6 Å². The SMILES string of the molecule is COc1cc(N)ccc1S(=O)(=O)NC1CC2CCC1O2. The molecule has 3 N–H and O–H groups in total. The topological polar surface area (TPSA) is 90.7 Å². The van der Waals surface area contributed by atoms with Gasteiger partial charge < -0.3 is 15.2 Å². The highest BCUT2D eigenvalue weighted by atomic mass is 32.2. The van der Waals surface area contributed by atoms with Crippen molar-refractivity contribution < 1.29 is 17.9 Å². The summed E-state index contributed by atoms with van der Waals surface area (Å²) in [6, 6.07) is 4.37. The van der Waals surface area contributed by atoms with Crippen molar-refractivity contribution in [1.82, 2.24) is 4.72 Å². The van der Waals surface area contributed by atoms with Crippen LogP contribution < -0.4 is 15.2 Å². The number of nitrogens with one attached hydrogen (secondary N) is 1. The number of nitrogens with two attached hydrogens (primary N) is 1. The van der Waals surface area contributed by atoms with Gasteiger partial charge in [-0.3, -0.25) is 0 Å². The molecule has 1 aromatic rings. The molecular weight excluding hydrogens is 280 g/mol. The number of methoxy groups -OCH3 is 1. The minimum absolute atomic E-state index is 0.00504. The second-order valence-corrected chi connectivity index (χ2v) is 6.93. The normalized spacial score (nSPS) is 28.8. The van der Waals surface area contributed by atoms with Gasteiger partial charge in [0.2, 0.25) is 10.0 Å². The number of nitrogen functional groups attached to an aromatic ring is 1. The standard InChI is InChI=1S/C13H18N2O4S/c1-18-12-6-8(14)2-5-13(12)20(16,17)15-10-7-9-3-4-11(10)19-9/h2,5-6,9-11,15H,3-4,7,14H2,1H3. The molecule has 3 unspecified atom stereocenters. The second kappa shape index (κ2) is 4.91. The number of fused-ring (bicyclic) bond motifs is 2. The molecule has 0 radical (unpaired) electrons. The van der Waals surface area contributed by atoms with Crippen LogP contribution in [-0.4, -0.2) is 33.8 Å². The van der Waals surface area contributed by atoms with Gasteiger partial charge >= 0.3 is 0 Å². The second-order valence-electron chi connectivity index (χ2n) is 5.25. The highest BCUT2D eigenvalue weighted by molar-refractivity contribution is 7.89. The Morgan fingerprint density at radius 1 is 1.40 bits per heavy atom. The monoisotopic (exact) mass is 298 g/mol. The van der Waals surface area contributed by atoms with Gasteiger partial charge in [-0.15, -0.1) is 0 Å². The molecule has 0 aromatic heterocycles. The van der Waals surface area contributed by atoms with E-state index in [9.17, 15) is 8.42 Å². The minimum atomic E-state index is -3.64. The van der Waals surface area contributed by atoms with Crippen LogP contribution in [0.2, 0.25) is 0 Å². The fourth-order valence-electron chi connectivity index (χ4n) is 2.93. The molecule has 2 aliphatic heterocycles. The average Bonchev–Trinajstić information content (AvgIpc) is 2.99. The van der Waals surface area contributed by atoms with Crippen molar-refractivity contribution in [1.29, 1.82) is 0 Å². The van der Waals surface area contributed by atoms with Crippen LogP contribution in [0.25, 0.3) is 0 Å². The number of rotatable bonds is 4. The number of benzene rings is 1. The van der Waals surface area contributed by atoms with Gasteiger partial charge in [0, 0.05) is 11.8 Å². The Bertz CT molecular complexity index is 617. The lowest BCUT2D eigenvalue weighted by atomic mass is 9.96.